The van der Waals surface area contributed by atoms with Gasteiger partial charge in [0.15, 0.2) is 0 Å². The van der Waals surface area contributed by atoms with Gasteiger partial charge in [-0.15, -0.1) is 0 Å². The Hall–Kier alpha value is -0.170. The summed E-state index contributed by atoms with van der Waals surface area (Å²) in [4.78, 5) is 0. The number of rotatable bonds is 4. The highest BCUT2D eigenvalue weighted by atomic mass is 32.2. The Labute approximate surface area is 99.0 Å². The number of nitrogens with one attached hydrogen (secondary N) is 1. The Balaban J connectivity index is 2.65. The molecule has 16 heavy (non-hydrogen) atoms. The molecule has 0 aliphatic carbocycles. The standard InChI is InChI=1S/C10H23N3O2S/c1-5-11-10-6-7-13(8-9(10)2)16(14,15)12(3)4/h9-11H,5-8H2,1-4H3. The molecule has 0 amide bonds. The first kappa shape index (κ1) is 13.9. The van der Waals surface area contributed by atoms with Gasteiger partial charge in [-0.25, -0.2) is 0 Å². The highest BCUT2D eigenvalue weighted by Gasteiger charge is 2.33. The Morgan fingerprint density at radius 2 is 2.06 bits per heavy atom. The molecular formula is C10H23N3O2S. The molecule has 0 spiro atoms. The van der Waals surface area contributed by atoms with Gasteiger partial charge in [0.25, 0.3) is 10.2 Å². The van der Waals surface area contributed by atoms with Crippen molar-refractivity contribution in [1.82, 2.24) is 13.9 Å². The first-order valence-corrected chi connectivity index (χ1v) is 7.20. The van der Waals surface area contributed by atoms with Crippen molar-refractivity contribution in [1.29, 1.82) is 0 Å². The van der Waals surface area contributed by atoms with Gasteiger partial charge in [-0.3, -0.25) is 0 Å². The van der Waals surface area contributed by atoms with Crippen molar-refractivity contribution in [2.75, 3.05) is 33.7 Å². The van der Waals surface area contributed by atoms with E-state index in [1.807, 2.05) is 0 Å². The third kappa shape index (κ3) is 2.94. The van der Waals surface area contributed by atoms with Gasteiger partial charge in [0.2, 0.25) is 0 Å². The van der Waals surface area contributed by atoms with E-state index in [-0.39, 0.29) is 0 Å². The van der Waals surface area contributed by atoms with Crippen molar-refractivity contribution in [3.8, 4) is 0 Å². The topological polar surface area (TPSA) is 52.7 Å². The van der Waals surface area contributed by atoms with Crippen LogP contribution < -0.4 is 5.32 Å². The predicted molar refractivity (Wildman–Crippen MR) is 65.4 cm³/mol. The van der Waals surface area contributed by atoms with Gasteiger partial charge in [-0.2, -0.15) is 17.0 Å². The maximum Gasteiger partial charge on any atom is 0.281 e. The largest absolute Gasteiger partial charge is 0.314 e. The van der Waals surface area contributed by atoms with Crippen LogP contribution in [-0.4, -0.2) is 56.8 Å². The second kappa shape index (κ2) is 5.44. The van der Waals surface area contributed by atoms with Crippen LogP contribution in [0.25, 0.3) is 0 Å². The Morgan fingerprint density at radius 3 is 2.50 bits per heavy atom. The van der Waals surface area contributed by atoms with Gasteiger partial charge in [-0.1, -0.05) is 13.8 Å². The lowest BCUT2D eigenvalue weighted by atomic mass is 9.95. The van der Waals surface area contributed by atoms with Crippen LogP contribution in [-0.2, 0) is 10.2 Å². The zero-order valence-electron chi connectivity index (χ0n) is 10.6. The highest BCUT2D eigenvalue weighted by Crippen LogP contribution is 2.20. The first-order chi connectivity index (χ1) is 7.39. The summed E-state index contributed by atoms with van der Waals surface area (Å²) in [5.74, 6) is 0.364. The summed E-state index contributed by atoms with van der Waals surface area (Å²) < 4.78 is 26.7. The second-order valence-electron chi connectivity index (χ2n) is 4.58. The van der Waals surface area contributed by atoms with Crippen LogP contribution in [0.4, 0.5) is 0 Å². The number of hydrogen-bond donors (Lipinski definition) is 1. The van der Waals surface area contributed by atoms with Crippen LogP contribution in [0.5, 0.6) is 0 Å². The average Bonchev–Trinajstić information content (AvgIpc) is 2.21. The van der Waals surface area contributed by atoms with Crippen molar-refractivity contribution < 1.29 is 8.42 Å². The zero-order chi connectivity index (χ0) is 12.3. The van der Waals surface area contributed by atoms with Crippen molar-refractivity contribution in [3.63, 3.8) is 0 Å². The molecule has 2 unspecified atom stereocenters. The molecule has 0 aromatic rings. The lowest BCUT2D eigenvalue weighted by molar-refractivity contribution is 0.215. The van der Waals surface area contributed by atoms with Crippen molar-refractivity contribution >= 4 is 10.2 Å². The van der Waals surface area contributed by atoms with Crippen LogP contribution in [0.1, 0.15) is 20.3 Å². The summed E-state index contributed by atoms with van der Waals surface area (Å²) in [6.45, 7) is 6.34. The molecule has 0 bridgehead atoms. The van der Waals surface area contributed by atoms with Crippen molar-refractivity contribution in [2.24, 2.45) is 5.92 Å². The maximum atomic E-state index is 11.9. The van der Waals surface area contributed by atoms with Crippen LogP contribution in [0, 0.1) is 5.92 Å². The van der Waals surface area contributed by atoms with Gasteiger partial charge in [0, 0.05) is 33.2 Å². The van der Waals surface area contributed by atoms with Gasteiger partial charge in [0.1, 0.15) is 0 Å². The fourth-order valence-corrected chi connectivity index (χ4v) is 3.33. The molecule has 2 atom stereocenters. The van der Waals surface area contributed by atoms with Crippen molar-refractivity contribution in [3.05, 3.63) is 0 Å². The normalized spacial score (nSPS) is 28.6. The molecule has 96 valence electrons. The monoisotopic (exact) mass is 249 g/mol. The molecule has 6 heteroatoms. The van der Waals surface area contributed by atoms with E-state index >= 15 is 0 Å². The maximum absolute atomic E-state index is 11.9. The fraction of sp³-hybridized carbons (Fsp3) is 1.00. The number of nitrogens with zero attached hydrogens (tertiary/aromatic N) is 2. The van der Waals surface area contributed by atoms with Gasteiger partial charge in [-0.05, 0) is 18.9 Å². The molecule has 1 rings (SSSR count). The Kier molecular flexibility index (Phi) is 4.73. The molecule has 0 aromatic heterocycles. The van der Waals surface area contributed by atoms with E-state index in [4.69, 9.17) is 0 Å². The fourth-order valence-electron chi connectivity index (χ4n) is 2.11. The lowest BCUT2D eigenvalue weighted by Crippen LogP contribution is -2.52. The molecule has 0 radical (unpaired) electrons. The predicted octanol–water partition coefficient (Wildman–Crippen LogP) is 0.113. The lowest BCUT2D eigenvalue weighted by Gasteiger charge is -2.37. The van der Waals surface area contributed by atoms with Crippen LogP contribution >= 0.6 is 0 Å². The Morgan fingerprint density at radius 1 is 1.44 bits per heavy atom. The van der Waals surface area contributed by atoms with E-state index in [1.165, 1.54) is 4.31 Å². The third-order valence-corrected chi connectivity index (χ3v) is 5.03. The summed E-state index contributed by atoms with van der Waals surface area (Å²) >= 11 is 0. The summed E-state index contributed by atoms with van der Waals surface area (Å²) in [6.07, 6.45) is 0.891. The molecule has 1 aliphatic rings. The van der Waals surface area contributed by atoms with Gasteiger partial charge >= 0.3 is 0 Å². The minimum Gasteiger partial charge on any atom is -0.314 e. The SMILES string of the molecule is CCNC1CCN(S(=O)(=O)N(C)C)CC1C. The van der Waals surface area contributed by atoms with Crippen LogP contribution in [0.15, 0.2) is 0 Å². The van der Waals surface area contributed by atoms with E-state index in [2.05, 4.69) is 19.2 Å². The van der Waals surface area contributed by atoms with Gasteiger partial charge < -0.3 is 5.32 Å². The highest BCUT2D eigenvalue weighted by molar-refractivity contribution is 7.86. The molecular weight excluding hydrogens is 226 g/mol. The molecule has 1 fully saturated rings. The smallest absolute Gasteiger partial charge is 0.281 e. The van der Waals surface area contributed by atoms with Crippen LogP contribution in [0.3, 0.4) is 0 Å². The van der Waals surface area contributed by atoms with E-state index in [1.54, 1.807) is 18.4 Å². The molecule has 0 aromatic carbocycles. The summed E-state index contributed by atoms with van der Waals surface area (Å²) in [5.41, 5.74) is 0. The van der Waals surface area contributed by atoms with Gasteiger partial charge in [0.05, 0.1) is 0 Å². The minimum atomic E-state index is -3.23. The first-order valence-electron chi connectivity index (χ1n) is 5.80. The van der Waals surface area contributed by atoms with E-state index in [0.717, 1.165) is 13.0 Å². The third-order valence-electron chi connectivity index (χ3n) is 3.12. The van der Waals surface area contributed by atoms with E-state index in [0.29, 0.717) is 25.0 Å². The molecule has 5 nitrogen and oxygen atoms in total. The number of hydrogen-bond acceptors (Lipinski definition) is 3. The Bertz CT molecular complexity index is 316. The molecule has 1 N–H and O–H groups in total. The molecule has 1 saturated heterocycles. The summed E-state index contributed by atoms with van der Waals surface area (Å²) in [7, 11) is -0.0729. The van der Waals surface area contributed by atoms with Crippen molar-refractivity contribution in [2.45, 2.75) is 26.3 Å². The molecule has 1 aliphatic heterocycles. The minimum absolute atomic E-state index is 0.364. The quantitative estimate of drug-likeness (QED) is 0.769. The average molecular weight is 249 g/mol. The summed E-state index contributed by atoms with van der Waals surface area (Å²) in [5, 5.41) is 3.40. The van der Waals surface area contributed by atoms with E-state index < -0.39 is 10.2 Å². The molecule has 0 saturated carbocycles. The van der Waals surface area contributed by atoms with E-state index in [9.17, 15) is 8.42 Å². The summed E-state index contributed by atoms with van der Waals surface area (Å²) in [6, 6.07) is 0.443. The number of piperidine rings is 1. The van der Waals surface area contributed by atoms with Crippen LogP contribution in [0.2, 0.25) is 0 Å². The zero-order valence-corrected chi connectivity index (χ0v) is 11.4. The molecule has 1 heterocycles. The second-order valence-corrected chi connectivity index (χ2v) is 6.72.